The van der Waals surface area contributed by atoms with E-state index in [2.05, 4.69) is 28.5 Å². The molecule has 1 aromatic rings. The summed E-state index contributed by atoms with van der Waals surface area (Å²) in [7, 11) is 0. The molecule has 0 aromatic heterocycles. The minimum absolute atomic E-state index is 0.384. The van der Waals surface area contributed by atoms with E-state index in [1.54, 1.807) is 0 Å². The summed E-state index contributed by atoms with van der Waals surface area (Å²) >= 11 is 0. The first kappa shape index (κ1) is 13.8. The van der Waals surface area contributed by atoms with Gasteiger partial charge in [0.05, 0.1) is 12.4 Å². The Kier molecular flexibility index (Phi) is 5.16. The second kappa shape index (κ2) is 7.10. The summed E-state index contributed by atoms with van der Waals surface area (Å²) in [6.45, 7) is 2.03. The van der Waals surface area contributed by atoms with Crippen molar-refractivity contribution in [2.24, 2.45) is 10.7 Å². The van der Waals surface area contributed by atoms with E-state index < -0.39 is 0 Å². The van der Waals surface area contributed by atoms with Crippen LogP contribution in [0, 0.1) is 0 Å². The minimum Gasteiger partial charge on any atom is -0.346 e. The fraction of sp³-hybridized carbons (Fsp3) is 0.438. The summed E-state index contributed by atoms with van der Waals surface area (Å²) < 4.78 is 0. The Morgan fingerprint density at radius 2 is 1.89 bits per heavy atom. The number of aliphatic imine (C=N–C) groups is 1. The topological polar surface area (TPSA) is 50.4 Å². The number of benzene rings is 1. The molecule has 0 aliphatic heterocycles. The second-order valence-electron chi connectivity index (χ2n) is 5.06. The van der Waals surface area contributed by atoms with Crippen LogP contribution in [-0.4, -0.2) is 18.4 Å². The van der Waals surface area contributed by atoms with Gasteiger partial charge in [-0.05, 0) is 38.2 Å². The lowest BCUT2D eigenvalue weighted by atomic mass is 9.92. The molecule has 102 valence electrons. The van der Waals surface area contributed by atoms with Crippen molar-refractivity contribution in [3.05, 3.63) is 42.0 Å². The molecule has 1 fully saturated rings. The van der Waals surface area contributed by atoms with Gasteiger partial charge in [-0.15, -0.1) is 0 Å². The number of nitrogens with two attached hydrogens (primary N) is 1. The van der Waals surface area contributed by atoms with Crippen LogP contribution in [0.1, 0.15) is 38.2 Å². The summed E-state index contributed by atoms with van der Waals surface area (Å²) in [5, 5.41) is 3.28. The number of rotatable bonds is 4. The Morgan fingerprint density at radius 3 is 2.53 bits per heavy atom. The van der Waals surface area contributed by atoms with E-state index in [4.69, 9.17) is 5.73 Å². The van der Waals surface area contributed by atoms with Crippen LogP contribution < -0.4 is 11.1 Å². The van der Waals surface area contributed by atoms with E-state index >= 15 is 0 Å². The van der Waals surface area contributed by atoms with Crippen molar-refractivity contribution < 1.29 is 0 Å². The van der Waals surface area contributed by atoms with Gasteiger partial charge in [0.1, 0.15) is 0 Å². The third-order valence-electron chi connectivity index (χ3n) is 3.62. The molecule has 19 heavy (non-hydrogen) atoms. The van der Waals surface area contributed by atoms with Crippen molar-refractivity contribution >= 4 is 12.0 Å². The standard InChI is InChI=1S/C16H23N3/c1-2-16(13-6-4-3-5-7-13)19-12-18-15-10-8-14(17)9-11-15/h2-7,12,14-15H,8-11,17H2,1H3,(H,18,19)/b16-2-. The smallest absolute Gasteiger partial charge is 0.0871 e. The number of hydrogen-bond acceptors (Lipinski definition) is 2. The molecular formula is C16H23N3. The van der Waals surface area contributed by atoms with Gasteiger partial charge in [0.25, 0.3) is 0 Å². The molecule has 1 saturated carbocycles. The van der Waals surface area contributed by atoms with Crippen LogP contribution >= 0.6 is 0 Å². The molecule has 0 spiro atoms. The van der Waals surface area contributed by atoms with Crippen LogP contribution in [0.15, 0.2) is 41.4 Å². The number of hydrogen-bond donors (Lipinski definition) is 2. The predicted octanol–water partition coefficient (Wildman–Crippen LogP) is 2.94. The summed E-state index contributed by atoms with van der Waals surface area (Å²) in [6, 6.07) is 11.1. The Bertz CT molecular complexity index is 429. The Morgan fingerprint density at radius 1 is 1.21 bits per heavy atom. The van der Waals surface area contributed by atoms with Crippen molar-refractivity contribution in [2.75, 3.05) is 0 Å². The average molecular weight is 257 g/mol. The molecule has 0 atom stereocenters. The lowest BCUT2D eigenvalue weighted by Crippen LogP contribution is -2.28. The molecule has 0 amide bonds. The molecule has 1 aliphatic carbocycles. The fourth-order valence-corrected chi connectivity index (χ4v) is 2.41. The van der Waals surface area contributed by atoms with Crippen LogP contribution in [0.4, 0.5) is 0 Å². The van der Waals surface area contributed by atoms with Crippen molar-refractivity contribution in [2.45, 2.75) is 44.7 Å². The maximum atomic E-state index is 5.89. The molecule has 3 heteroatoms. The van der Waals surface area contributed by atoms with Crippen molar-refractivity contribution in [3.8, 4) is 0 Å². The Balaban J connectivity index is 1.87. The lowest BCUT2D eigenvalue weighted by molar-refractivity contribution is 0.396. The molecule has 2 rings (SSSR count). The zero-order chi connectivity index (χ0) is 13.5. The normalized spacial score (nSPS) is 24.6. The first-order chi connectivity index (χ1) is 9.29. The fourth-order valence-electron chi connectivity index (χ4n) is 2.41. The molecular weight excluding hydrogens is 234 g/mol. The zero-order valence-corrected chi connectivity index (χ0v) is 11.5. The Labute approximate surface area is 115 Å². The number of nitrogens with zero attached hydrogens (tertiary/aromatic N) is 1. The summed E-state index contributed by atoms with van der Waals surface area (Å²) in [5.41, 5.74) is 8.17. The van der Waals surface area contributed by atoms with Gasteiger partial charge in [-0.25, -0.2) is 0 Å². The van der Waals surface area contributed by atoms with Crippen LogP contribution in [-0.2, 0) is 0 Å². The molecule has 0 saturated heterocycles. The zero-order valence-electron chi connectivity index (χ0n) is 11.5. The van der Waals surface area contributed by atoms with Gasteiger partial charge < -0.3 is 11.1 Å². The van der Waals surface area contributed by atoms with E-state index in [-0.39, 0.29) is 0 Å². The first-order valence-electron chi connectivity index (χ1n) is 7.05. The van der Waals surface area contributed by atoms with Crippen molar-refractivity contribution in [1.82, 2.24) is 5.32 Å². The van der Waals surface area contributed by atoms with E-state index in [0.717, 1.165) is 31.4 Å². The van der Waals surface area contributed by atoms with Gasteiger partial charge >= 0.3 is 0 Å². The highest BCUT2D eigenvalue weighted by Crippen LogP contribution is 2.19. The van der Waals surface area contributed by atoms with Crippen molar-refractivity contribution in [3.63, 3.8) is 0 Å². The third-order valence-corrected chi connectivity index (χ3v) is 3.62. The van der Waals surface area contributed by atoms with Gasteiger partial charge in [0.2, 0.25) is 0 Å². The highest BCUT2D eigenvalue weighted by Gasteiger charge is 2.16. The molecule has 1 aliphatic rings. The molecule has 0 unspecified atom stereocenters. The average Bonchev–Trinajstić information content (AvgIpc) is 2.46. The predicted molar refractivity (Wildman–Crippen MR) is 82.0 cm³/mol. The molecule has 3 nitrogen and oxygen atoms in total. The highest BCUT2D eigenvalue weighted by atomic mass is 15.0. The lowest BCUT2D eigenvalue weighted by Gasteiger charge is -2.22. The molecule has 1 aromatic carbocycles. The van der Waals surface area contributed by atoms with E-state index in [1.807, 2.05) is 31.5 Å². The molecule has 0 radical (unpaired) electrons. The SMILES string of the molecule is C/C=C(\NC=NC1CCC(N)CC1)c1ccccc1. The maximum Gasteiger partial charge on any atom is 0.0871 e. The summed E-state index contributed by atoms with van der Waals surface area (Å²) in [6.07, 6.45) is 8.31. The van der Waals surface area contributed by atoms with Crippen LogP contribution in [0.25, 0.3) is 5.70 Å². The van der Waals surface area contributed by atoms with Crippen LogP contribution in [0.2, 0.25) is 0 Å². The van der Waals surface area contributed by atoms with E-state index in [0.29, 0.717) is 12.1 Å². The summed E-state index contributed by atoms with van der Waals surface area (Å²) in [4.78, 5) is 4.60. The second-order valence-corrected chi connectivity index (χ2v) is 5.06. The third kappa shape index (κ3) is 4.21. The number of nitrogens with one attached hydrogen (secondary N) is 1. The quantitative estimate of drug-likeness (QED) is 0.643. The minimum atomic E-state index is 0.384. The maximum absolute atomic E-state index is 5.89. The monoisotopic (exact) mass is 257 g/mol. The van der Waals surface area contributed by atoms with Gasteiger partial charge in [-0.3, -0.25) is 4.99 Å². The number of allylic oxidation sites excluding steroid dienone is 1. The first-order valence-corrected chi connectivity index (χ1v) is 7.05. The largest absolute Gasteiger partial charge is 0.346 e. The van der Waals surface area contributed by atoms with E-state index in [1.165, 1.54) is 5.56 Å². The summed E-state index contributed by atoms with van der Waals surface area (Å²) in [5.74, 6) is 0. The van der Waals surface area contributed by atoms with Crippen LogP contribution in [0.3, 0.4) is 0 Å². The highest BCUT2D eigenvalue weighted by molar-refractivity contribution is 5.75. The molecule has 0 heterocycles. The molecule has 3 N–H and O–H groups in total. The van der Waals surface area contributed by atoms with Crippen LogP contribution in [0.5, 0.6) is 0 Å². The van der Waals surface area contributed by atoms with Gasteiger partial charge in [0, 0.05) is 11.7 Å². The molecule has 0 bridgehead atoms. The Hall–Kier alpha value is -1.61. The van der Waals surface area contributed by atoms with Gasteiger partial charge in [0.15, 0.2) is 0 Å². The van der Waals surface area contributed by atoms with Gasteiger partial charge in [-0.2, -0.15) is 0 Å². The van der Waals surface area contributed by atoms with E-state index in [9.17, 15) is 0 Å². The van der Waals surface area contributed by atoms with Gasteiger partial charge in [-0.1, -0.05) is 36.4 Å². The van der Waals surface area contributed by atoms with Crippen molar-refractivity contribution in [1.29, 1.82) is 0 Å².